The van der Waals surface area contributed by atoms with Gasteiger partial charge in [0, 0.05) is 34.0 Å². The van der Waals surface area contributed by atoms with Gasteiger partial charge in [0.1, 0.15) is 0 Å². The van der Waals surface area contributed by atoms with Gasteiger partial charge in [0.2, 0.25) is 0 Å². The molecular weight excluding hydrogens is 773 g/mol. The SMILES string of the molecule is C\C=C/C(=C\C(=C\C1=CC=CC(N(c2ccccc2)c2ccccc2-c2ccccc2)C=C1)c1ccccc1)N(c1ccc(-c2ccccc2)cc1)c1ccc(-c2ccccc2)cc1. The lowest BCUT2D eigenvalue weighted by molar-refractivity contribution is 0.945. The maximum absolute atomic E-state index is 2.43. The fraction of sp³-hybridized carbons (Fsp3) is 0.0323. The summed E-state index contributed by atoms with van der Waals surface area (Å²) in [6, 6.07) is 79.6. The highest BCUT2D eigenvalue weighted by Gasteiger charge is 2.21. The Hall–Kier alpha value is -8.20. The van der Waals surface area contributed by atoms with Crippen molar-refractivity contribution >= 4 is 28.3 Å². The van der Waals surface area contributed by atoms with Gasteiger partial charge in [0.05, 0.1) is 6.04 Å². The van der Waals surface area contributed by atoms with E-state index < -0.39 is 0 Å². The average Bonchev–Trinajstić information content (AvgIpc) is 3.61. The third-order valence-corrected chi connectivity index (χ3v) is 11.5. The largest absolute Gasteiger partial charge is 0.330 e. The van der Waals surface area contributed by atoms with Gasteiger partial charge in [-0.3, -0.25) is 0 Å². The molecule has 1 atom stereocenters. The van der Waals surface area contributed by atoms with Gasteiger partial charge in [-0.25, -0.2) is 0 Å². The van der Waals surface area contributed by atoms with Crippen molar-refractivity contribution in [3.05, 3.63) is 296 Å². The van der Waals surface area contributed by atoms with Crippen LogP contribution in [0.15, 0.2) is 290 Å². The zero-order valence-corrected chi connectivity index (χ0v) is 36.0. The maximum Gasteiger partial charge on any atom is 0.0712 e. The summed E-state index contributed by atoms with van der Waals surface area (Å²) in [6.45, 7) is 2.09. The summed E-state index contributed by atoms with van der Waals surface area (Å²) in [5.41, 5.74) is 15.9. The first-order valence-electron chi connectivity index (χ1n) is 22.0. The average molecular weight is 823 g/mol. The van der Waals surface area contributed by atoms with Crippen LogP contribution in [0.2, 0.25) is 0 Å². The highest BCUT2D eigenvalue weighted by Crippen LogP contribution is 2.39. The summed E-state index contributed by atoms with van der Waals surface area (Å²) >= 11 is 0. The van der Waals surface area contributed by atoms with Gasteiger partial charge < -0.3 is 9.80 Å². The molecule has 0 heterocycles. The second kappa shape index (κ2) is 20.1. The molecule has 308 valence electrons. The van der Waals surface area contributed by atoms with Crippen LogP contribution in [0.1, 0.15) is 12.5 Å². The van der Waals surface area contributed by atoms with Gasteiger partial charge in [0.15, 0.2) is 0 Å². The second-order valence-electron chi connectivity index (χ2n) is 15.7. The Morgan fingerprint density at radius 3 is 1.50 bits per heavy atom. The van der Waals surface area contributed by atoms with Crippen molar-refractivity contribution in [2.75, 3.05) is 9.80 Å². The minimum atomic E-state index is -0.0445. The van der Waals surface area contributed by atoms with Crippen LogP contribution in [0.25, 0.3) is 39.0 Å². The summed E-state index contributed by atoms with van der Waals surface area (Å²) in [5.74, 6) is 0. The molecule has 1 aliphatic carbocycles. The molecule has 0 bridgehead atoms. The van der Waals surface area contributed by atoms with Gasteiger partial charge in [-0.05, 0) is 112 Å². The van der Waals surface area contributed by atoms with Crippen molar-refractivity contribution in [3.8, 4) is 33.4 Å². The smallest absolute Gasteiger partial charge is 0.0712 e. The number of hydrogen-bond donors (Lipinski definition) is 0. The molecule has 9 rings (SSSR count). The highest BCUT2D eigenvalue weighted by atomic mass is 15.2. The Morgan fingerprint density at radius 1 is 0.453 bits per heavy atom. The molecule has 1 aliphatic rings. The Balaban J connectivity index is 1.12. The molecule has 1 unspecified atom stereocenters. The number of hydrogen-bond acceptors (Lipinski definition) is 2. The highest BCUT2D eigenvalue weighted by molar-refractivity contribution is 5.85. The number of rotatable bonds is 13. The Kier molecular flexibility index (Phi) is 12.9. The fourth-order valence-electron chi connectivity index (χ4n) is 8.33. The first kappa shape index (κ1) is 41.2. The van der Waals surface area contributed by atoms with Gasteiger partial charge in [-0.1, -0.05) is 218 Å². The predicted octanol–water partition coefficient (Wildman–Crippen LogP) is 16.6. The van der Waals surface area contributed by atoms with Crippen LogP contribution in [-0.4, -0.2) is 6.04 Å². The third kappa shape index (κ3) is 9.63. The van der Waals surface area contributed by atoms with Crippen LogP contribution in [0.5, 0.6) is 0 Å². The molecule has 0 aliphatic heterocycles. The lowest BCUT2D eigenvalue weighted by Gasteiger charge is -2.32. The van der Waals surface area contributed by atoms with Crippen LogP contribution in [0.3, 0.4) is 0 Å². The van der Waals surface area contributed by atoms with E-state index >= 15 is 0 Å². The molecular formula is C62H50N2. The van der Waals surface area contributed by atoms with Crippen molar-refractivity contribution in [1.29, 1.82) is 0 Å². The lowest BCUT2D eigenvalue weighted by atomic mass is 9.99. The van der Waals surface area contributed by atoms with Crippen molar-refractivity contribution in [2.24, 2.45) is 0 Å². The minimum absolute atomic E-state index is 0.0445. The van der Waals surface area contributed by atoms with E-state index in [0.717, 1.165) is 45.2 Å². The quantitative estimate of drug-likeness (QED) is 0.107. The first-order chi connectivity index (χ1) is 31.7. The maximum atomic E-state index is 2.43. The van der Waals surface area contributed by atoms with Crippen LogP contribution in [-0.2, 0) is 0 Å². The molecule has 0 spiro atoms. The van der Waals surface area contributed by atoms with E-state index in [0.29, 0.717) is 0 Å². The van der Waals surface area contributed by atoms with Gasteiger partial charge in [-0.15, -0.1) is 0 Å². The molecule has 64 heavy (non-hydrogen) atoms. The summed E-state index contributed by atoms with van der Waals surface area (Å²) < 4.78 is 0. The molecule has 0 saturated heterocycles. The lowest BCUT2D eigenvalue weighted by Crippen LogP contribution is -2.28. The second-order valence-corrected chi connectivity index (χ2v) is 15.7. The predicted molar refractivity (Wildman–Crippen MR) is 274 cm³/mol. The van der Waals surface area contributed by atoms with E-state index in [1.807, 2.05) is 0 Å². The van der Waals surface area contributed by atoms with E-state index in [1.54, 1.807) is 0 Å². The topological polar surface area (TPSA) is 6.48 Å². The summed E-state index contributed by atoms with van der Waals surface area (Å²) in [5, 5.41) is 0. The third-order valence-electron chi connectivity index (χ3n) is 11.5. The normalized spacial score (nSPS) is 14.0. The summed E-state index contributed by atoms with van der Waals surface area (Å²) in [6.07, 6.45) is 20.2. The van der Waals surface area contributed by atoms with Crippen molar-refractivity contribution in [2.45, 2.75) is 13.0 Å². The van der Waals surface area contributed by atoms with E-state index in [-0.39, 0.29) is 6.04 Å². The Morgan fingerprint density at radius 2 is 0.938 bits per heavy atom. The van der Waals surface area contributed by atoms with Crippen LogP contribution in [0, 0.1) is 0 Å². The van der Waals surface area contributed by atoms with E-state index in [4.69, 9.17) is 0 Å². The number of anilines is 4. The number of nitrogens with zero attached hydrogens (tertiary/aromatic N) is 2. The van der Waals surface area contributed by atoms with Crippen molar-refractivity contribution in [3.63, 3.8) is 0 Å². The van der Waals surface area contributed by atoms with E-state index in [1.165, 1.54) is 33.4 Å². The minimum Gasteiger partial charge on any atom is -0.330 e. The Bertz CT molecular complexity index is 2860. The molecule has 2 heteroatoms. The molecule has 0 amide bonds. The molecule has 0 fully saturated rings. The zero-order chi connectivity index (χ0) is 43.3. The van der Waals surface area contributed by atoms with Crippen LogP contribution in [0.4, 0.5) is 22.7 Å². The molecule has 8 aromatic carbocycles. The number of allylic oxidation sites excluding steroid dienone is 9. The molecule has 0 radical (unpaired) electrons. The standard InChI is InChI=1S/C62H50N2/c1-2-21-60(63(58-42-37-52(38-43-58)49-23-8-3-9-24-49)59-44-39-53(40-45-59)50-25-10-4-11-26-50)47-55(51-27-12-5-13-28-51)46-48-22-20-33-57(41-36-48)64(56-31-16-7-17-32-56)62-35-19-18-34-61(62)54-29-14-6-15-30-54/h2-47,57H,1H3/b21-2-,55-46-,60-47+. The van der Waals surface area contributed by atoms with Crippen molar-refractivity contribution < 1.29 is 0 Å². The van der Waals surface area contributed by atoms with Crippen LogP contribution >= 0.6 is 0 Å². The molecule has 2 nitrogen and oxygen atoms in total. The van der Waals surface area contributed by atoms with Gasteiger partial charge >= 0.3 is 0 Å². The Labute approximate surface area is 378 Å². The van der Waals surface area contributed by atoms with Gasteiger partial charge in [0.25, 0.3) is 0 Å². The summed E-state index contributed by atoms with van der Waals surface area (Å²) in [7, 11) is 0. The van der Waals surface area contributed by atoms with Crippen LogP contribution < -0.4 is 9.80 Å². The van der Waals surface area contributed by atoms with E-state index in [9.17, 15) is 0 Å². The fourth-order valence-corrected chi connectivity index (χ4v) is 8.33. The van der Waals surface area contributed by atoms with E-state index in [2.05, 4.69) is 296 Å². The van der Waals surface area contributed by atoms with Gasteiger partial charge in [-0.2, -0.15) is 0 Å². The molecule has 0 saturated carbocycles. The number of benzene rings is 8. The molecule has 8 aromatic rings. The monoisotopic (exact) mass is 822 g/mol. The molecule has 0 aromatic heterocycles. The summed E-state index contributed by atoms with van der Waals surface area (Å²) in [4.78, 5) is 4.79. The molecule has 0 N–H and O–H groups in total. The van der Waals surface area contributed by atoms with Crippen molar-refractivity contribution in [1.82, 2.24) is 0 Å². The first-order valence-corrected chi connectivity index (χ1v) is 22.0. The number of para-hydroxylation sites is 2. The zero-order valence-electron chi connectivity index (χ0n) is 36.0.